The van der Waals surface area contributed by atoms with Crippen molar-refractivity contribution in [1.29, 1.82) is 0 Å². The van der Waals surface area contributed by atoms with E-state index in [4.69, 9.17) is 5.73 Å². The zero-order valence-electron chi connectivity index (χ0n) is 9.93. The van der Waals surface area contributed by atoms with Gasteiger partial charge in [-0.3, -0.25) is 4.79 Å². The van der Waals surface area contributed by atoms with E-state index < -0.39 is 0 Å². The minimum Gasteiger partial charge on any atom is -0.375 e. The molecular weight excluding hydrogens is 224 g/mol. The Morgan fingerprint density at radius 3 is 2.62 bits per heavy atom. The minimum atomic E-state index is 0.0761. The number of nitrogens with two attached hydrogens (primary N) is 1. The molecule has 0 saturated heterocycles. The zero-order valence-corrected chi connectivity index (χ0v) is 10.8. The molecule has 16 heavy (non-hydrogen) atoms. The van der Waals surface area contributed by atoms with Gasteiger partial charge >= 0.3 is 0 Å². The molecule has 0 bridgehead atoms. The summed E-state index contributed by atoms with van der Waals surface area (Å²) in [6, 6.07) is 0. The van der Waals surface area contributed by atoms with Gasteiger partial charge in [0.15, 0.2) is 5.13 Å². The fourth-order valence-corrected chi connectivity index (χ4v) is 1.73. The molecule has 1 amide bonds. The molecule has 0 spiro atoms. The maximum Gasteiger partial charge on any atom is 0.228 e. The number of hydrogen-bond acceptors (Lipinski definition) is 5. The van der Waals surface area contributed by atoms with Gasteiger partial charge in [0.1, 0.15) is 0 Å². The fraction of sp³-hybridized carbons (Fsp3) is 0.600. The summed E-state index contributed by atoms with van der Waals surface area (Å²) in [5, 5.41) is 2.34. The first kappa shape index (κ1) is 12.9. The highest BCUT2D eigenvalue weighted by Crippen LogP contribution is 2.11. The maximum absolute atomic E-state index is 11.8. The van der Waals surface area contributed by atoms with E-state index in [0.717, 1.165) is 18.8 Å². The van der Waals surface area contributed by atoms with Crippen LogP contribution in [0.5, 0.6) is 0 Å². The Morgan fingerprint density at radius 2 is 2.12 bits per heavy atom. The molecule has 5 nitrogen and oxygen atoms in total. The standard InChI is InChI=1S/C10H18N4OS/c1-13(2)4-5-14(3)9(15)6-8-7-16-10(11)12-8/h7H,4-6H2,1-3H3,(H2,11,12). The van der Waals surface area contributed by atoms with E-state index >= 15 is 0 Å². The van der Waals surface area contributed by atoms with Crippen LogP contribution in [0.1, 0.15) is 5.69 Å². The molecule has 0 aromatic carbocycles. The Balaban J connectivity index is 2.39. The van der Waals surface area contributed by atoms with Crippen molar-refractivity contribution < 1.29 is 4.79 Å². The van der Waals surface area contributed by atoms with Gasteiger partial charge in [-0.1, -0.05) is 0 Å². The molecule has 0 fully saturated rings. The van der Waals surface area contributed by atoms with E-state index in [-0.39, 0.29) is 5.91 Å². The number of hydrogen-bond donors (Lipinski definition) is 1. The van der Waals surface area contributed by atoms with Crippen LogP contribution in [0.4, 0.5) is 5.13 Å². The molecule has 0 radical (unpaired) electrons. The summed E-state index contributed by atoms with van der Waals surface area (Å²) in [6.07, 6.45) is 0.331. The second kappa shape index (κ2) is 5.81. The lowest BCUT2D eigenvalue weighted by Crippen LogP contribution is -2.34. The van der Waals surface area contributed by atoms with Crippen LogP contribution in [-0.4, -0.2) is 54.9 Å². The number of rotatable bonds is 5. The van der Waals surface area contributed by atoms with Crippen molar-refractivity contribution in [3.05, 3.63) is 11.1 Å². The Morgan fingerprint density at radius 1 is 1.44 bits per heavy atom. The van der Waals surface area contributed by atoms with E-state index in [1.807, 2.05) is 31.4 Å². The second-order valence-corrected chi connectivity index (χ2v) is 4.86. The SMILES string of the molecule is CN(C)CCN(C)C(=O)Cc1csc(N)n1. The van der Waals surface area contributed by atoms with Crippen molar-refractivity contribution in [2.24, 2.45) is 0 Å². The lowest BCUT2D eigenvalue weighted by molar-refractivity contribution is -0.129. The van der Waals surface area contributed by atoms with Crippen LogP contribution >= 0.6 is 11.3 Å². The van der Waals surface area contributed by atoms with Crippen LogP contribution in [0, 0.1) is 0 Å². The number of anilines is 1. The molecule has 0 aliphatic heterocycles. The highest BCUT2D eigenvalue weighted by atomic mass is 32.1. The maximum atomic E-state index is 11.8. The first-order valence-corrected chi connectivity index (χ1v) is 5.95. The lowest BCUT2D eigenvalue weighted by atomic mass is 10.3. The number of aromatic nitrogens is 1. The largest absolute Gasteiger partial charge is 0.375 e. The van der Waals surface area contributed by atoms with E-state index in [1.54, 1.807) is 4.90 Å². The molecule has 1 heterocycles. The summed E-state index contributed by atoms with van der Waals surface area (Å²) in [4.78, 5) is 19.6. The third-order valence-electron chi connectivity index (χ3n) is 2.21. The molecule has 0 aliphatic carbocycles. The summed E-state index contributed by atoms with van der Waals surface area (Å²) in [5.74, 6) is 0.0761. The number of thiazole rings is 1. The number of amides is 1. The Hall–Kier alpha value is -1.14. The minimum absolute atomic E-state index is 0.0761. The lowest BCUT2D eigenvalue weighted by Gasteiger charge is -2.19. The predicted octanol–water partition coefficient (Wildman–Crippen LogP) is 0.288. The van der Waals surface area contributed by atoms with Crippen molar-refractivity contribution in [2.45, 2.75) is 6.42 Å². The van der Waals surface area contributed by atoms with Gasteiger partial charge in [-0.05, 0) is 14.1 Å². The van der Waals surface area contributed by atoms with Crippen LogP contribution in [0.15, 0.2) is 5.38 Å². The van der Waals surface area contributed by atoms with Gasteiger partial charge in [-0.15, -0.1) is 11.3 Å². The Kier molecular flexibility index (Phi) is 4.70. The van der Waals surface area contributed by atoms with Crippen molar-refractivity contribution >= 4 is 22.4 Å². The molecule has 1 aromatic rings. The van der Waals surface area contributed by atoms with Gasteiger partial charge in [0.25, 0.3) is 0 Å². The van der Waals surface area contributed by atoms with Crippen molar-refractivity contribution in [2.75, 3.05) is 40.0 Å². The summed E-state index contributed by atoms with van der Waals surface area (Å²) in [7, 11) is 5.78. The normalized spacial score (nSPS) is 10.8. The van der Waals surface area contributed by atoms with Gasteiger partial charge < -0.3 is 15.5 Å². The molecule has 2 N–H and O–H groups in total. The van der Waals surface area contributed by atoms with Gasteiger partial charge in [-0.2, -0.15) is 0 Å². The first-order valence-electron chi connectivity index (χ1n) is 5.07. The summed E-state index contributed by atoms with van der Waals surface area (Å²) in [5.41, 5.74) is 6.26. The Bertz CT molecular complexity index is 350. The van der Waals surface area contributed by atoms with Crippen LogP contribution in [-0.2, 0) is 11.2 Å². The number of carbonyl (C=O) groups excluding carboxylic acids is 1. The molecule has 6 heteroatoms. The van der Waals surface area contributed by atoms with Crippen molar-refractivity contribution in [3.8, 4) is 0 Å². The van der Waals surface area contributed by atoms with Crippen LogP contribution < -0.4 is 5.73 Å². The van der Waals surface area contributed by atoms with E-state index in [1.165, 1.54) is 11.3 Å². The average molecular weight is 242 g/mol. The van der Waals surface area contributed by atoms with Crippen molar-refractivity contribution in [3.63, 3.8) is 0 Å². The molecule has 0 atom stereocenters. The van der Waals surface area contributed by atoms with Gasteiger partial charge in [0.2, 0.25) is 5.91 Å². The monoisotopic (exact) mass is 242 g/mol. The molecule has 0 unspecified atom stereocenters. The molecule has 90 valence electrons. The van der Waals surface area contributed by atoms with Gasteiger partial charge in [0.05, 0.1) is 12.1 Å². The fourth-order valence-electron chi connectivity index (χ4n) is 1.17. The van der Waals surface area contributed by atoms with E-state index in [0.29, 0.717) is 11.6 Å². The summed E-state index contributed by atoms with van der Waals surface area (Å²) in [6.45, 7) is 1.59. The second-order valence-electron chi connectivity index (χ2n) is 3.97. The topological polar surface area (TPSA) is 62.5 Å². The highest BCUT2D eigenvalue weighted by Gasteiger charge is 2.11. The number of carbonyl (C=O) groups is 1. The highest BCUT2D eigenvalue weighted by molar-refractivity contribution is 7.13. The molecular formula is C10H18N4OS. The number of nitrogen functional groups attached to an aromatic ring is 1. The summed E-state index contributed by atoms with van der Waals surface area (Å²) >= 11 is 1.36. The van der Waals surface area contributed by atoms with Crippen LogP contribution in [0.25, 0.3) is 0 Å². The number of nitrogens with zero attached hydrogens (tertiary/aromatic N) is 3. The third-order valence-corrected chi connectivity index (χ3v) is 2.93. The Labute approximate surface area is 99.9 Å². The quantitative estimate of drug-likeness (QED) is 0.806. The average Bonchev–Trinajstić information content (AvgIpc) is 2.60. The molecule has 1 rings (SSSR count). The van der Waals surface area contributed by atoms with E-state index in [2.05, 4.69) is 4.98 Å². The van der Waals surface area contributed by atoms with Gasteiger partial charge in [-0.25, -0.2) is 4.98 Å². The summed E-state index contributed by atoms with van der Waals surface area (Å²) < 4.78 is 0. The third kappa shape index (κ3) is 4.16. The molecule has 0 saturated carbocycles. The predicted molar refractivity (Wildman–Crippen MR) is 66.4 cm³/mol. The zero-order chi connectivity index (χ0) is 12.1. The van der Waals surface area contributed by atoms with E-state index in [9.17, 15) is 4.79 Å². The smallest absolute Gasteiger partial charge is 0.228 e. The van der Waals surface area contributed by atoms with Crippen LogP contribution in [0.3, 0.4) is 0 Å². The molecule has 1 aromatic heterocycles. The van der Waals surface area contributed by atoms with Crippen molar-refractivity contribution in [1.82, 2.24) is 14.8 Å². The number of likely N-dealkylation sites (N-methyl/N-ethyl adjacent to an activating group) is 2. The van der Waals surface area contributed by atoms with Crippen LogP contribution in [0.2, 0.25) is 0 Å². The molecule has 0 aliphatic rings. The first-order chi connectivity index (χ1) is 7.49. The van der Waals surface area contributed by atoms with Gasteiger partial charge in [0, 0.05) is 25.5 Å².